The van der Waals surface area contributed by atoms with Crippen molar-refractivity contribution in [1.29, 1.82) is 0 Å². The normalized spacial score (nSPS) is 32.1. The molecule has 2 aliphatic heterocycles. The number of carboxylic acids is 1. The average molecular weight is 269 g/mol. The van der Waals surface area contributed by atoms with Crippen molar-refractivity contribution in [2.75, 3.05) is 19.7 Å². The molecule has 2 atom stereocenters. The summed E-state index contributed by atoms with van der Waals surface area (Å²) in [5.74, 6) is -0.636. The minimum absolute atomic E-state index is 0.413. The molecule has 110 valence electrons. The maximum atomic E-state index is 11.3. The minimum atomic E-state index is -0.636. The number of ether oxygens (including phenoxy) is 1. The highest BCUT2D eigenvalue weighted by molar-refractivity contribution is 5.74. The maximum Gasteiger partial charge on any atom is 0.309 e. The van der Waals surface area contributed by atoms with Gasteiger partial charge in [-0.15, -0.1) is 0 Å². The Morgan fingerprint density at radius 1 is 1.42 bits per heavy atom. The number of carboxylic acid groups (broad SMARTS) is 1. The molecular weight excluding hydrogens is 242 g/mol. The van der Waals surface area contributed by atoms with E-state index in [1.165, 1.54) is 6.42 Å². The first-order chi connectivity index (χ1) is 9.05. The number of aliphatic carboxylic acids is 1. The van der Waals surface area contributed by atoms with Gasteiger partial charge < -0.3 is 14.7 Å². The highest BCUT2D eigenvalue weighted by Gasteiger charge is 2.39. The topological polar surface area (TPSA) is 49.8 Å². The highest BCUT2D eigenvalue weighted by Crippen LogP contribution is 2.34. The molecule has 2 rings (SSSR count). The van der Waals surface area contributed by atoms with Crippen LogP contribution in [-0.2, 0) is 9.53 Å². The lowest BCUT2D eigenvalue weighted by Gasteiger charge is -2.43. The van der Waals surface area contributed by atoms with E-state index in [1.54, 1.807) is 0 Å². The summed E-state index contributed by atoms with van der Waals surface area (Å²) >= 11 is 0. The van der Waals surface area contributed by atoms with Crippen LogP contribution in [0.1, 0.15) is 52.4 Å². The Bertz CT molecular complexity index is 309. The number of piperidine rings is 1. The van der Waals surface area contributed by atoms with Crippen molar-refractivity contribution in [2.45, 2.75) is 64.5 Å². The van der Waals surface area contributed by atoms with E-state index in [0.29, 0.717) is 12.1 Å². The van der Waals surface area contributed by atoms with Crippen LogP contribution in [0.25, 0.3) is 0 Å². The molecule has 0 aliphatic carbocycles. The molecule has 0 saturated carbocycles. The quantitative estimate of drug-likeness (QED) is 0.852. The Morgan fingerprint density at radius 3 is 2.68 bits per heavy atom. The van der Waals surface area contributed by atoms with Gasteiger partial charge >= 0.3 is 5.97 Å². The monoisotopic (exact) mass is 269 g/mol. The van der Waals surface area contributed by atoms with Crippen molar-refractivity contribution >= 4 is 5.97 Å². The molecule has 0 bridgehead atoms. The van der Waals surface area contributed by atoms with Crippen LogP contribution in [0.5, 0.6) is 0 Å². The van der Waals surface area contributed by atoms with Crippen LogP contribution < -0.4 is 0 Å². The molecule has 2 heterocycles. The fourth-order valence-corrected chi connectivity index (χ4v) is 3.31. The summed E-state index contributed by atoms with van der Waals surface area (Å²) in [4.78, 5) is 13.8. The summed E-state index contributed by atoms with van der Waals surface area (Å²) in [5.41, 5.74) is -0.509. The van der Waals surface area contributed by atoms with Crippen molar-refractivity contribution in [3.8, 4) is 0 Å². The summed E-state index contributed by atoms with van der Waals surface area (Å²) in [6.45, 7) is 6.80. The molecule has 4 heteroatoms. The van der Waals surface area contributed by atoms with Gasteiger partial charge in [-0.3, -0.25) is 4.79 Å². The van der Waals surface area contributed by atoms with Crippen molar-refractivity contribution in [1.82, 2.24) is 4.90 Å². The van der Waals surface area contributed by atoms with Gasteiger partial charge in [-0.1, -0.05) is 13.3 Å². The van der Waals surface area contributed by atoms with Crippen LogP contribution in [0.3, 0.4) is 0 Å². The van der Waals surface area contributed by atoms with Gasteiger partial charge in [0.25, 0.3) is 0 Å². The van der Waals surface area contributed by atoms with E-state index in [9.17, 15) is 9.90 Å². The minimum Gasteiger partial charge on any atom is -0.481 e. The second-order valence-corrected chi connectivity index (χ2v) is 6.36. The summed E-state index contributed by atoms with van der Waals surface area (Å²) in [6, 6.07) is 0.601. The first-order valence-electron chi connectivity index (χ1n) is 7.64. The molecule has 1 N–H and O–H groups in total. The molecule has 0 amide bonds. The number of rotatable bonds is 4. The van der Waals surface area contributed by atoms with Crippen molar-refractivity contribution in [3.63, 3.8) is 0 Å². The van der Waals surface area contributed by atoms with Gasteiger partial charge in [-0.2, -0.15) is 0 Å². The predicted molar refractivity (Wildman–Crippen MR) is 74.2 cm³/mol. The van der Waals surface area contributed by atoms with E-state index in [2.05, 4.69) is 11.8 Å². The Kier molecular flexibility index (Phi) is 4.85. The Balaban J connectivity index is 1.85. The van der Waals surface area contributed by atoms with Crippen LogP contribution in [0.15, 0.2) is 0 Å². The molecule has 19 heavy (non-hydrogen) atoms. The molecule has 0 aromatic rings. The Hall–Kier alpha value is -0.610. The molecule has 4 nitrogen and oxygen atoms in total. The summed E-state index contributed by atoms with van der Waals surface area (Å²) in [6.07, 6.45) is 6.51. The van der Waals surface area contributed by atoms with E-state index >= 15 is 0 Å². The molecule has 2 aliphatic rings. The maximum absolute atomic E-state index is 11.3. The lowest BCUT2D eigenvalue weighted by Crippen LogP contribution is -2.49. The zero-order chi connectivity index (χ0) is 13.9. The third-order valence-corrected chi connectivity index (χ3v) is 4.88. The Labute approximate surface area is 116 Å². The summed E-state index contributed by atoms with van der Waals surface area (Å²) in [7, 11) is 0. The van der Waals surface area contributed by atoms with Gasteiger partial charge in [0.1, 0.15) is 0 Å². The zero-order valence-electron chi connectivity index (χ0n) is 12.2. The standard InChI is InChI=1S/C15H27NO3/c1-3-4-13-11-12(5-10-19-13)16-8-6-15(2,7-9-16)14(17)18/h12-13H,3-11H2,1-2H3,(H,17,18). The molecule has 0 radical (unpaired) electrons. The van der Waals surface area contributed by atoms with Gasteiger partial charge in [0.05, 0.1) is 11.5 Å². The smallest absolute Gasteiger partial charge is 0.309 e. The molecule has 0 spiro atoms. The first-order valence-corrected chi connectivity index (χ1v) is 7.64. The number of carbonyl (C=O) groups is 1. The van der Waals surface area contributed by atoms with Gasteiger partial charge in [0.2, 0.25) is 0 Å². The van der Waals surface area contributed by atoms with Crippen LogP contribution in [0.2, 0.25) is 0 Å². The van der Waals surface area contributed by atoms with E-state index < -0.39 is 11.4 Å². The summed E-state index contributed by atoms with van der Waals surface area (Å²) < 4.78 is 5.80. The van der Waals surface area contributed by atoms with Crippen molar-refractivity contribution in [2.24, 2.45) is 5.41 Å². The molecule has 0 aromatic carbocycles. The SMILES string of the molecule is CCCC1CC(N2CCC(C)(C(=O)O)CC2)CCO1. The molecule has 2 saturated heterocycles. The van der Waals surface area contributed by atoms with Crippen molar-refractivity contribution < 1.29 is 14.6 Å². The molecule has 2 unspecified atom stereocenters. The van der Waals surface area contributed by atoms with E-state index in [4.69, 9.17) is 4.74 Å². The van der Waals surface area contributed by atoms with Crippen LogP contribution >= 0.6 is 0 Å². The van der Waals surface area contributed by atoms with Gasteiger partial charge in [-0.25, -0.2) is 0 Å². The molecule has 0 aromatic heterocycles. The zero-order valence-corrected chi connectivity index (χ0v) is 12.2. The number of hydrogen-bond acceptors (Lipinski definition) is 3. The number of hydrogen-bond donors (Lipinski definition) is 1. The van der Waals surface area contributed by atoms with Crippen LogP contribution in [0, 0.1) is 5.41 Å². The largest absolute Gasteiger partial charge is 0.481 e. The third kappa shape index (κ3) is 3.48. The fraction of sp³-hybridized carbons (Fsp3) is 0.933. The summed E-state index contributed by atoms with van der Waals surface area (Å²) in [5, 5.41) is 9.27. The second-order valence-electron chi connectivity index (χ2n) is 6.36. The van der Waals surface area contributed by atoms with Gasteiger partial charge in [0.15, 0.2) is 0 Å². The number of nitrogens with zero attached hydrogens (tertiary/aromatic N) is 1. The van der Waals surface area contributed by atoms with Crippen LogP contribution in [0.4, 0.5) is 0 Å². The fourth-order valence-electron chi connectivity index (χ4n) is 3.31. The second kappa shape index (κ2) is 6.23. The number of likely N-dealkylation sites (tertiary alicyclic amines) is 1. The lowest BCUT2D eigenvalue weighted by atomic mass is 9.79. The van der Waals surface area contributed by atoms with Gasteiger partial charge in [-0.05, 0) is 52.1 Å². The van der Waals surface area contributed by atoms with E-state index in [1.807, 2.05) is 6.92 Å². The molecule has 2 fully saturated rings. The predicted octanol–water partition coefficient (Wildman–Crippen LogP) is 2.52. The van der Waals surface area contributed by atoms with Crippen LogP contribution in [-0.4, -0.2) is 47.8 Å². The van der Waals surface area contributed by atoms with Gasteiger partial charge in [0, 0.05) is 12.6 Å². The lowest BCUT2D eigenvalue weighted by molar-refractivity contribution is -0.151. The van der Waals surface area contributed by atoms with Crippen molar-refractivity contribution in [3.05, 3.63) is 0 Å². The average Bonchev–Trinajstić information content (AvgIpc) is 2.40. The van der Waals surface area contributed by atoms with E-state index in [0.717, 1.165) is 51.8 Å². The first kappa shape index (κ1) is 14.8. The molecular formula is C15H27NO3. The third-order valence-electron chi connectivity index (χ3n) is 4.88. The van der Waals surface area contributed by atoms with E-state index in [-0.39, 0.29) is 0 Å². The Morgan fingerprint density at radius 2 is 2.11 bits per heavy atom. The highest BCUT2D eigenvalue weighted by atomic mass is 16.5.